The maximum absolute atomic E-state index is 13.2. The van der Waals surface area contributed by atoms with Crippen LogP contribution in [0.25, 0.3) is 16.6 Å². The van der Waals surface area contributed by atoms with E-state index in [0.29, 0.717) is 24.5 Å². The molecule has 0 radical (unpaired) electrons. The zero-order valence-corrected chi connectivity index (χ0v) is 20.1. The molecule has 0 aliphatic carbocycles. The number of para-hydroxylation sites is 1. The standard InChI is InChI=1S/C24H21ClN2O7S/c1-13(15-5-2-3-6-19(15)33-10-4-9-28)34-14-7-8-16(25)18(11-14)27-22(29)20-17(26-24(27)32)12-35-21(20)23(30)31/h2-3,5-8,11-13,28H,4,9-10H2,1H3,(H,26,32)(H,30,31). The summed E-state index contributed by atoms with van der Waals surface area (Å²) in [5.41, 5.74) is -0.583. The van der Waals surface area contributed by atoms with Gasteiger partial charge in [0.2, 0.25) is 0 Å². The van der Waals surface area contributed by atoms with Crippen LogP contribution in [-0.2, 0) is 0 Å². The Hall–Kier alpha value is -3.60. The molecule has 0 amide bonds. The quantitative estimate of drug-likeness (QED) is 0.287. The van der Waals surface area contributed by atoms with Crippen LogP contribution >= 0.6 is 22.9 Å². The van der Waals surface area contributed by atoms with Gasteiger partial charge in [0, 0.05) is 30.0 Å². The fourth-order valence-electron chi connectivity index (χ4n) is 3.61. The molecule has 1 atom stereocenters. The Labute approximate surface area is 207 Å². The van der Waals surface area contributed by atoms with E-state index < -0.39 is 23.3 Å². The van der Waals surface area contributed by atoms with Gasteiger partial charge in [-0.3, -0.25) is 4.79 Å². The number of halogens is 1. The van der Waals surface area contributed by atoms with Crippen molar-refractivity contribution in [2.24, 2.45) is 0 Å². The minimum atomic E-state index is -1.27. The summed E-state index contributed by atoms with van der Waals surface area (Å²) in [5, 5.41) is 19.8. The first-order valence-corrected chi connectivity index (χ1v) is 11.9. The number of thiophene rings is 1. The molecule has 0 aliphatic rings. The lowest BCUT2D eigenvalue weighted by atomic mass is 10.1. The average Bonchev–Trinajstić information content (AvgIpc) is 3.26. The first kappa shape index (κ1) is 24.5. The van der Waals surface area contributed by atoms with Crippen LogP contribution in [-0.4, -0.2) is 38.9 Å². The predicted octanol–water partition coefficient (Wildman–Crippen LogP) is 3.99. The fourth-order valence-corrected chi connectivity index (χ4v) is 4.64. The molecule has 4 aromatic rings. The lowest BCUT2D eigenvalue weighted by Crippen LogP contribution is -2.34. The Morgan fingerprint density at radius 2 is 2.00 bits per heavy atom. The number of carbonyl (C=O) groups is 1. The molecule has 2 aromatic carbocycles. The van der Waals surface area contributed by atoms with Gasteiger partial charge in [-0.1, -0.05) is 29.8 Å². The summed E-state index contributed by atoms with van der Waals surface area (Å²) in [6.45, 7) is 2.18. The first-order valence-electron chi connectivity index (χ1n) is 10.6. The third kappa shape index (κ3) is 4.95. The number of carboxylic acids is 1. The maximum Gasteiger partial charge on any atom is 0.346 e. The highest BCUT2D eigenvalue weighted by molar-refractivity contribution is 7.13. The number of hydrogen-bond donors (Lipinski definition) is 3. The molecule has 4 rings (SSSR count). The molecule has 0 saturated carbocycles. The molecule has 9 nitrogen and oxygen atoms in total. The normalized spacial score (nSPS) is 12.0. The van der Waals surface area contributed by atoms with E-state index in [2.05, 4.69) is 4.98 Å². The van der Waals surface area contributed by atoms with E-state index in [-0.39, 0.29) is 33.1 Å². The summed E-state index contributed by atoms with van der Waals surface area (Å²) >= 11 is 7.18. The number of nitrogens with zero attached hydrogens (tertiary/aromatic N) is 1. The zero-order valence-electron chi connectivity index (χ0n) is 18.5. The minimum absolute atomic E-state index is 0.0192. The second-order valence-corrected chi connectivity index (χ2v) is 8.85. The van der Waals surface area contributed by atoms with Gasteiger partial charge in [0.05, 0.1) is 28.2 Å². The number of aromatic carboxylic acids is 1. The summed E-state index contributed by atoms with van der Waals surface area (Å²) in [5.74, 6) is -0.325. The molecule has 11 heteroatoms. The summed E-state index contributed by atoms with van der Waals surface area (Å²) in [7, 11) is 0. The van der Waals surface area contributed by atoms with Crippen LogP contribution in [0.2, 0.25) is 5.02 Å². The lowest BCUT2D eigenvalue weighted by Gasteiger charge is -2.19. The molecule has 0 saturated heterocycles. The Bertz CT molecular complexity index is 1510. The van der Waals surface area contributed by atoms with E-state index in [1.165, 1.54) is 17.5 Å². The third-order valence-electron chi connectivity index (χ3n) is 5.24. The van der Waals surface area contributed by atoms with E-state index >= 15 is 0 Å². The van der Waals surface area contributed by atoms with Crippen LogP contribution < -0.4 is 20.7 Å². The molecule has 2 aromatic heterocycles. The number of aromatic amines is 1. The molecule has 0 spiro atoms. The molecule has 0 aliphatic heterocycles. The number of aliphatic hydroxyl groups excluding tert-OH is 1. The number of H-pyrrole nitrogens is 1. The van der Waals surface area contributed by atoms with E-state index in [1.54, 1.807) is 12.1 Å². The van der Waals surface area contributed by atoms with Gasteiger partial charge in [-0.15, -0.1) is 11.3 Å². The van der Waals surface area contributed by atoms with Gasteiger partial charge in [0.15, 0.2) is 0 Å². The van der Waals surface area contributed by atoms with Crippen molar-refractivity contribution in [2.75, 3.05) is 13.2 Å². The van der Waals surface area contributed by atoms with Crippen molar-refractivity contribution in [3.05, 3.63) is 84.1 Å². The SMILES string of the molecule is CC(Oc1ccc(Cl)c(-n2c(=O)[nH]c3csc(C(=O)O)c3c2=O)c1)c1ccccc1OCCCO. The number of ether oxygens (including phenoxy) is 2. The second kappa shape index (κ2) is 10.3. The van der Waals surface area contributed by atoms with Crippen molar-refractivity contribution in [2.45, 2.75) is 19.4 Å². The molecule has 182 valence electrons. The van der Waals surface area contributed by atoms with Crippen LogP contribution in [0.4, 0.5) is 0 Å². The minimum Gasteiger partial charge on any atom is -0.493 e. The van der Waals surface area contributed by atoms with Gasteiger partial charge in [-0.2, -0.15) is 0 Å². The Morgan fingerprint density at radius 1 is 1.23 bits per heavy atom. The summed E-state index contributed by atoms with van der Waals surface area (Å²) in [4.78, 5) is 39.8. The van der Waals surface area contributed by atoms with Crippen LogP contribution in [0, 0.1) is 0 Å². The van der Waals surface area contributed by atoms with Crippen molar-refractivity contribution in [3.63, 3.8) is 0 Å². The Balaban J connectivity index is 1.72. The highest BCUT2D eigenvalue weighted by atomic mass is 35.5. The van der Waals surface area contributed by atoms with Crippen LogP contribution in [0.1, 0.15) is 34.7 Å². The van der Waals surface area contributed by atoms with Crippen LogP contribution in [0.5, 0.6) is 11.5 Å². The van der Waals surface area contributed by atoms with Gasteiger partial charge < -0.3 is 24.7 Å². The number of aliphatic hydroxyl groups is 1. The van der Waals surface area contributed by atoms with Gasteiger partial charge in [0.1, 0.15) is 22.5 Å². The van der Waals surface area contributed by atoms with Crippen molar-refractivity contribution >= 4 is 39.8 Å². The summed E-state index contributed by atoms with van der Waals surface area (Å²) in [6.07, 6.45) is 0.0215. The number of nitrogens with one attached hydrogen (secondary N) is 1. The van der Waals surface area contributed by atoms with E-state index in [1.807, 2.05) is 25.1 Å². The van der Waals surface area contributed by atoms with Gasteiger partial charge in [0.25, 0.3) is 5.56 Å². The van der Waals surface area contributed by atoms with Crippen LogP contribution in [0.15, 0.2) is 57.4 Å². The molecule has 2 heterocycles. The Morgan fingerprint density at radius 3 is 2.74 bits per heavy atom. The van der Waals surface area contributed by atoms with Gasteiger partial charge >= 0.3 is 11.7 Å². The fraction of sp³-hybridized carbons (Fsp3) is 0.208. The average molecular weight is 517 g/mol. The monoisotopic (exact) mass is 516 g/mol. The number of hydrogen-bond acceptors (Lipinski definition) is 7. The molecule has 0 bridgehead atoms. The first-order chi connectivity index (χ1) is 16.8. The summed E-state index contributed by atoms with van der Waals surface area (Å²) < 4.78 is 12.6. The third-order valence-corrected chi connectivity index (χ3v) is 6.52. The highest BCUT2D eigenvalue weighted by Crippen LogP contribution is 2.32. The number of rotatable bonds is 9. The highest BCUT2D eigenvalue weighted by Gasteiger charge is 2.21. The zero-order chi connectivity index (χ0) is 25.1. The van der Waals surface area contributed by atoms with Crippen molar-refractivity contribution < 1.29 is 24.5 Å². The van der Waals surface area contributed by atoms with E-state index in [0.717, 1.165) is 21.5 Å². The number of benzene rings is 2. The topological polar surface area (TPSA) is 131 Å². The molecular weight excluding hydrogens is 496 g/mol. The number of carboxylic acid groups (broad SMARTS) is 1. The van der Waals surface area contributed by atoms with E-state index in [9.17, 15) is 19.5 Å². The van der Waals surface area contributed by atoms with Gasteiger partial charge in [-0.05, 0) is 25.1 Å². The molecule has 0 fully saturated rings. The van der Waals surface area contributed by atoms with Crippen LogP contribution in [0.3, 0.4) is 0 Å². The van der Waals surface area contributed by atoms with E-state index in [4.69, 9.17) is 26.2 Å². The van der Waals surface area contributed by atoms with Crippen molar-refractivity contribution in [3.8, 4) is 17.2 Å². The molecular formula is C24H21ClN2O7S. The maximum atomic E-state index is 13.2. The number of fused-ring (bicyclic) bond motifs is 1. The second-order valence-electron chi connectivity index (χ2n) is 7.57. The van der Waals surface area contributed by atoms with Crippen molar-refractivity contribution in [1.29, 1.82) is 0 Å². The predicted molar refractivity (Wildman–Crippen MR) is 133 cm³/mol. The Kier molecular flexibility index (Phi) is 7.25. The largest absolute Gasteiger partial charge is 0.493 e. The van der Waals surface area contributed by atoms with Crippen molar-refractivity contribution in [1.82, 2.24) is 9.55 Å². The molecule has 35 heavy (non-hydrogen) atoms. The molecule has 3 N–H and O–H groups in total. The molecule has 1 unspecified atom stereocenters. The smallest absolute Gasteiger partial charge is 0.346 e. The van der Waals surface area contributed by atoms with Gasteiger partial charge in [-0.25, -0.2) is 14.2 Å². The number of aromatic nitrogens is 2. The lowest BCUT2D eigenvalue weighted by molar-refractivity contribution is 0.0704. The summed E-state index contributed by atoms with van der Waals surface area (Å²) in [6, 6.07) is 11.9.